The van der Waals surface area contributed by atoms with E-state index in [0.29, 0.717) is 16.7 Å². The number of ether oxygens (including phenoxy) is 4. The molecule has 6 aromatic rings. The van der Waals surface area contributed by atoms with E-state index >= 15 is 0 Å². The Kier molecular flexibility index (Phi) is 14.6. The molecule has 0 aliphatic carbocycles. The van der Waals surface area contributed by atoms with Crippen molar-refractivity contribution in [2.75, 3.05) is 65.3 Å². The van der Waals surface area contributed by atoms with E-state index in [1.54, 1.807) is 38.7 Å². The molecule has 0 radical (unpaired) electrons. The summed E-state index contributed by atoms with van der Waals surface area (Å²) in [4.78, 5) is 35.2. The zero-order valence-electron chi connectivity index (χ0n) is 32.1. The summed E-state index contributed by atoms with van der Waals surface area (Å²) in [6.07, 6.45) is 5.20. The lowest BCUT2D eigenvalue weighted by Gasteiger charge is -2.12. The molecule has 1 fully saturated rings. The number of rotatable bonds is 17. The summed E-state index contributed by atoms with van der Waals surface area (Å²) in [5.74, 6) is 3.18. The highest BCUT2D eigenvalue weighted by Gasteiger charge is 2.15. The van der Waals surface area contributed by atoms with Crippen molar-refractivity contribution in [1.29, 1.82) is 0 Å². The Hall–Kier alpha value is -5.57. The third-order valence-electron chi connectivity index (χ3n) is 9.02. The van der Waals surface area contributed by atoms with Crippen LogP contribution in [0.2, 0.25) is 0 Å². The van der Waals surface area contributed by atoms with E-state index in [9.17, 15) is 4.79 Å². The van der Waals surface area contributed by atoms with E-state index in [0.717, 1.165) is 77.2 Å². The number of anilines is 2. The minimum Gasteiger partial charge on any atom is -0.497 e. The number of methoxy groups -OCH3 is 4. The summed E-state index contributed by atoms with van der Waals surface area (Å²) in [6, 6.07) is 28.7. The molecule has 2 aromatic carbocycles. The molecule has 2 N–H and O–H groups in total. The van der Waals surface area contributed by atoms with E-state index in [1.165, 1.54) is 60.4 Å². The second kappa shape index (κ2) is 20.4. The Bertz CT molecular complexity index is 2130. The van der Waals surface area contributed by atoms with Crippen molar-refractivity contribution in [3.05, 3.63) is 106 Å². The Morgan fingerprint density at radius 1 is 0.625 bits per heavy atom. The Balaban J connectivity index is 0.000000192. The van der Waals surface area contributed by atoms with Crippen molar-refractivity contribution in [3.8, 4) is 44.7 Å². The molecule has 292 valence electrons. The first kappa shape index (κ1) is 40.1. The second-order valence-electron chi connectivity index (χ2n) is 12.9. The van der Waals surface area contributed by atoms with Gasteiger partial charge >= 0.3 is 12.0 Å². The van der Waals surface area contributed by atoms with Gasteiger partial charge in [0.1, 0.15) is 23.1 Å². The molecule has 14 heteroatoms. The number of likely N-dealkylation sites (tertiary alicyclic amines) is 1. The van der Waals surface area contributed by atoms with Crippen LogP contribution >= 0.6 is 22.7 Å². The van der Waals surface area contributed by atoms with Crippen molar-refractivity contribution in [3.63, 3.8) is 0 Å². The van der Waals surface area contributed by atoms with Crippen LogP contribution in [0.25, 0.3) is 21.1 Å². The van der Waals surface area contributed by atoms with Crippen LogP contribution in [0.1, 0.15) is 38.5 Å². The molecule has 1 aliphatic rings. The Morgan fingerprint density at radius 3 is 1.59 bits per heavy atom. The van der Waals surface area contributed by atoms with E-state index < -0.39 is 0 Å². The van der Waals surface area contributed by atoms with E-state index in [1.807, 2.05) is 54.6 Å². The highest BCUT2D eigenvalue weighted by atomic mass is 32.1. The van der Waals surface area contributed by atoms with Gasteiger partial charge in [-0.3, -0.25) is 9.69 Å². The Labute approximate surface area is 335 Å². The zero-order valence-corrected chi connectivity index (χ0v) is 33.8. The molecule has 7 rings (SSSR count). The second-order valence-corrected chi connectivity index (χ2v) is 15.2. The summed E-state index contributed by atoms with van der Waals surface area (Å²) in [7, 11) is 6.47. The average molecular weight is 794 g/mol. The van der Waals surface area contributed by atoms with Crippen molar-refractivity contribution < 1.29 is 23.7 Å². The highest BCUT2D eigenvalue weighted by Crippen LogP contribution is 2.31. The number of nitrogens with zero attached hydrogens (tertiary/aromatic N) is 5. The molecule has 0 bridgehead atoms. The van der Waals surface area contributed by atoms with Crippen LogP contribution < -0.4 is 29.6 Å². The van der Waals surface area contributed by atoms with Gasteiger partial charge in [0.25, 0.3) is 0 Å². The number of aldehydes is 1. The molecule has 5 heterocycles. The van der Waals surface area contributed by atoms with Crippen molar-refractivity contribution in [2.45, 2.75) is 32.2 Å². The standard InChI is InChI=1S/C23H28N4O2S.C19H19N3O3S/c1-28-18-7-5-17(6-8-18)11-12-24-22-15-20(25-23(26-22)29-2)21-10-9-19(30-21)16-27-13-3-4-14-27;1-24-14-5-3-13(4-6-14)9-10-20-18-11-16(21-19(22-18)25-2)17-8-7-15(12-23)26-17/h5-10,15H,3-4,11-14,16H2,1-2H3,(H,24,25,26);3-8,11-12H,9-10H2,1-2H3,(H,20,21,22). The van der Waals surface area contributed by atoms with Crippen LogP contribution in [0.3, 0.4) is 0 Å². The summed E-state index contributed by atoms with van der Waals surface area (Å²) in [5, 5.41) is 6.71. The molecule has 0 spiro atoms. The fourth-order valence-corrected chi connectivity index (χ4v) is 7.83. The van der Waals surface area contributed by atoms with E-state index in [-0.39, 0.29) is 6.01 Å². The normalized spacial score (nSPS) is 12.4. The summed E-state index contributed by atoms with van der Waals surface area (Å²) in [5.41, 5.74) is 4.07. The van der Waals surface area contributed by atoms with Crippen molar-refractivity contribution >= 4 is 40.6 Å². The molecule has 0 atom stereocenters. The molecule has 4 aromatic heterocycles. The van der Waals surface area contributed by atoms with Crippen molar-refractivity contribution in [2.24, 2.45) is 0 Å². The first-order valence-electron chi connectivity index (χ1n) is 18.4. The lowest BCUT2D eigenvalue weighted by molar-refractivity contribution is 0.112. The van der Waals surface area contributed by atoms with Gasteiger partial charge in [-0.2, -0.15) is 19.9 Å². The van der Waals surface area contributed by atoms with Gasteiger partial charge in [-0.25, -0.2) is 0 Å². The van der Waals surface area contributed by atoms with Crippen LogP contribution in [0, 0.1) is 0 Å². The molecular formula is C42H47N7O5S2. The largest absolute Gasteiger partial charge is 0.497 e. The quantitative estimate of drug-likeness (QED) is 0.0864. The molecular weight excluding hydrogens is 747 g/mol. The lowest BCUT2D eigenvalue weighted by Crippen LogP contribution is -2.17. The van der Waals surface area contributed by atoms with Gasteiger partial charge in [-0.05, 0) is 98.4 Å². The molecule has 0 amide bonds. The maximum Gasteiger partial charge on any atom is 0.318 e. The van der Waals surface area contributed by atoms with E-state index in [2.05, 4.69) is 59.7 Å². The summed E-state index contributed by atoms with van der Waals surface area (Å²) in [6.45, 7) is 4.93. The number of nitrogens with one attached hydrogen (secondary N) is 2. The van der Waals surface area contributed by atoms with Gasteiger partial charge < -0.3 is 29.6 Å². The molecule has 0 unspecified atom stereocenters. The maximum atomic E-state index is 10.9. The summed E-state index contributed by atoms with van der Waals surface area (Å²) < 4.78 is 20.9. The highest BCUT2D eigenvalue weighted by molar-refractivity contribution is 7.17. The molecule has 1 saturated heterocycles. The number of aromatic nitrogens is 4. The molecule has 0 saturated carbocycles. The maximum absolute atomic E-state index is 10.9. The van der Waals surface area contributed by atoms with Gasteiger partial charge in [0.2, 0.25) is 0 Å². The third kappa shape index (κ3) is 11.5. The van der Waals surface area contributed by atoms with Crippen LogP contribution in [-0.2, 0) is 19.4 Å². The minimum absolute atomic E-state index is 0.288. The van der Waals surface area contributed by atoms with Gasteiger partial charge in [-0.15, -0.1) is 22.7 Å². The van der Waals surface area contributed by atoms with Crippen LogP contribution in [0.15, 0.2) is 84.9 Å². The number of thiophene rings is 2. The van der Waals surface area contributed by atoms with Gasteiger partial charge in [0.05, 0.1) is 54.5 Å². The third-order valence-corrected chi connectivity index (χ3v) is 11.1. The van der Waals surface area contributed by atoms with Crippen LogP contribution in [-0.4, -0.2) is 85.7 Å². The number of hydrogen-bond acceptors (Lipinski definition) is 14. The minimum atomic E-state index is 0.288. The van der Waals surface area contributed by atoms with E-state index in [4.69, 9.17) is 18.9 Å². The number of benzene rings is 2. The Morgan fingerprint density at radius 2 is 1.12 bits per heavy atom. The SMILES string of the molecule is COc1ccc(CCNc2cc(-c3ccc(C=O)s3)nc(OC)n2)cc1.COc1ccc(CCNc2cc(-c3ccc(CN4CCCC4)s3)nc(OC)n2)cc1. The first-order chi connectivity index (χ1) is 27.4. The van der Waals surface area contributed by atoms with Crippen molar-refractivity contribution in [1.82, 2.24) is 24.8 Å². The number of carbonyl (C=O) groups excluding carboxylic acids is 1. The van der Waals surface area contributed by atoms with Crippen LogP contribution in [0.4, 0.5) is 11.6 Å². The lowest BCUT2D eigenvalue weighted by atomic mass is 10.1. The predicted octanol–water partition coefficient (Wildman–Crippen LogP) is 8.16. The number of carbonyl (C=O) groups is 1. The smallest absolute Gasteiger partial charge is 0.318 e. The molecule has 56 heavy (non-hydrogen) atoms. The summed E-state index contributed by atoms with van der Waals surface area (Å²) >= 11 is 3.18. The van der Waals surface area contributed by atoms with Gasteiger partial charge in [-0.1, -0.05) is 24.3 Å². The predicted molar refractivity (Wildman–Crippen MR) is 224 cm³/mol. The monoisotopic (exact) mass is 793 g/mol. The average Bonchev–Trinajstić information content (AvgIpc) is 4.05. The molecule has 12 nitrogen and oxygen atoms in total. The fourth-order valence-electron chi connectivity index (χ4n) is 6.04. The topological polar surface area (TPSA) is 133 Å². The first-order valence-corrected chi connectivity index (χ1v) is 20.0. The van der Waals surface area contributed by atoms with Gasteiger partial charge in [0.15, 0.2) is 6.29 Å². The fraction of sp³-hybridized carbons (Fsp3) is 0.310. The van der Waals surface area contributed by atoms with Crippen LogP contribution in [0.5, 0.6) is 23.5 Å². The number of hydrogen-bond donors (Lipinski definition) is 2. The molecule has 1 aliphatic heterocycles. The zero-order chi connectivity index (χ0) is 39.1. The van der Waals surface area contributed by atoms with Gasteiger partial charge in [0, 0.05) is 36.6 Å².